The molecule has 148 valence electrons. The molecule has 30 heavy (non-hydrogen) atoms. The minimum Gasteiger partial charge on any atom is -0.481 e. The van der Waals surface area contributed by atoms with Crippen molar-refractivity contribution >= 4 is 29.1 Å². The van der Waals surface area contributed by atoms with Crippen molar-refractivity contribution in [2.45, 2.75) is 12.1 Å². The van der Waals surface area contributed by atoms with E-state index < -0.39 is 13.2 Å². The molecule has 0 bridgehead atoms. The summed E-state index contributed by atoms with van der Waals surface area (Å²) < 4.78 is 0. The molecule has 1 atom stereocenters. The van der Waals surface area contributed by atoms with Crippen LogP contribution in [0, 0.1) is 0 Å². The second-order valence-corrected chi connectivity index (χ2v) is 10.9. The molecular formula is C27H24O2P+. The summed E-state index contributed by atoms with van der Waals surface area (Å²) in [5, 5.41) is 13.5. The quantitative estimate of drug-likeness (QED) is 0.425. The number of hydrogen-bond donors (Lipinski definition) is 1. The van der Waals surface area contributed by atoms with Crippen LogP contribution in [0.15, 0.2) is 121 Å². The standard InChI is InChI=1S/C27H23O2P/c28-27(29)21-26(22-13-5-1-6-14-22)30(23-15-7-2-8-16-23,24-17-9-3-10-18-24)25-19-11-4-12-20-25/h1-20,26H,21H2/p+1/t26-/m1/s1. The fraction of sp³-hybridized carbons (Fsp3) is 0.0741. The van der Waals surface area contributed by atoms with E-state index in [1.807, 2.05) is 36.4 Å². The number of carboxylic acid groups (broad SMARTS) is 1. The molecule has 0 fully saturated rings. The van der Waals surface area contributed by atoms with E-state index in [1.165, 1.54) is 15.9 Å². The van der Waals surface area contributed by atoms with Crippen LogP contribution in [-0.2, 0) is 4.79 Å². The summed E-state index contributed by atoms with van der Waals surface area (Å²) in [6, 6.07) is 41.4. The van der Waals surface area contributed by atoms with Gasteiger partial charge in [0.2, 0.25) is 0 Å². The maximum absolute atomic E-state index is 12.1. The van der Waals surface area contributed by atoms with Crippen LogP contribution < -0.4 is 15.9 Å². The number of benzene rings is 4. The summed E-state index contributed by atoms with van der Waals surface area (Å²) in [5.74, 6) is -0.781. The number of hydrogen-bond acceptors (Lipinski definition) is 1. The molecule has 0 aromatic heterocycles. The minimum absolute atomic E-state index is 0.0659. The predicted molar refractivity (Wildman–Crippen MR) is 127 cm³/mol. The highest BCUT2D eigenvalue weighted by Crippen LogP contribution is 2.67. The van der Waals surface area contributed by atoms with E-state index in [4.69, 9.17) is 0 Å². The Bertz CT molecular complexity index is 984. The maximum atomic E-state index is 12.1. The molecule has 0 radical (unpaired) electrons. The Morgan fingerprint density at radius 2 is 0.933 bits per heavy atom. The summed E-state index contributed by atoms with van der Waals surface area (Å²) >= 11 is 0. The van der Waals surface area contributed by atoms with Crippen LogP contribution in [0.1, 0.15) is 17.6 Å². The first kappa shape index (κ1) is 20.1. The fourth-order valence-electron chi connectivity index (χ4n) is 4.30. The first-order valence-corrected chi connectivity index (χ1v) is 11.9. The smallest absolute Gasteiger partial charge is 0.307 e. The molecule has 0 spiro atoms. The van der Waals surface area contributed by atoms with Gasteiger partial charge in [-0.25, -0.2) is 0 Å². The van der Waals surface area contributed by atoms with E-state index in [2.05, 4.69) is 84.9 Å². The van der Waals surface area contributed by atoms with Gasteiger partial charge in [-0.3, -0.25) is 4.79 Å². The predicted octanol–water partition coefficient (Wildman–Crippen LogP) is 5.20. The lowest BCUT2D eigenvalue weighted by atomic mass is 10.1. The van der Waals surface area contributed by atoms with Gasteiger partial charge in [0.05, 0.1) is 6.42 Å². The topological polar surface area (TPSA) is 37.3 Å². The summed E-state index contributed by atoms with van der Waals surface area (Å²) in [4.78, 5) is 12.1. The van der Waals surface area contributed by atoms with E-state index in [0.29, 0.717) is 0 Å². The van der Waals surface area contributed by atoms with Gasteiger partial charge in [0.25, 0.3) is 0 Å². The third kappa shape index (κ3) is 3.79. The number of rotatable bonds is 7. The molecule has 0 aliphatic rings. The summed E-state index contributed by atoms with van der Waals surface area (Å²) in [6.45, 7) is 0. The van der Waals surface area contributed by atoms with Gasteiger partial charge in [0, 0.05) is 0 Å². The van der Waals surface area contributed by atoms with E-state index in [1.54, 1.807) is 0 Å². The molecule has 0 aliphatic heterocycles. The van der Waals surface area contributed by atoms with Crippen LogP contribution in [0.3, 0.4) is 0 Å². The van der Waals surface area contributed by atoms with Gasteiger partial charge < -0.3 is 5.11 Å². The molecule has 4 aromatic rings. The van der Waals surface area contributed by atoms with Gasteiger partial charge in [-0.15, -0.1) is 0 Å². The van der Waals surface area contributed by atoms with E-state index in [0.717, 1.165) is 5.56 Å². The third-order valence-electron chi connectivity index (χ3n) is 5.51. The van der Waals surface area contributed by atoms with Crippen molar-refractivity contribution in [2.75, 3.05) is 0 Å². The molecule has 0 saturated heterocycles. The lowest BCUT2D eigenvalue weighted by molar-refractivity contribution is -0.137. The Kier molecular flexibility index (Phi) is 6.07. The van der Waals surface area contributed by atoms with Gasteiger partial charge >= 0.3 is 5.97 Å². The third-order valence-corrected chi connectivity index (χ3v) is 10.3. The average molecular weight is 411 g/mol. The van der Waals surface area contributed by atoms with E-state index in [9.17, 15) is 9.90 Å². The minimum atomic E-state index is -2.32. The Balaban J connectivity index is 2.12. The van der Waals surface area contributed by atoms with Gasteiger partial charge in [-0.1, -0.05) is 84.9 Å². The van der Waals surface area contributed by atoms with Gasteiger partial charge in [0.15, 0.2) is 0 Å². The monoisotopic (exact) mass is 411 g/mol. The van der Waals surface area contributed by atoms with Crippen molar-refractivity contribution in [2.24, 2.45) is 0 Å². The van der Waals surface area contributed by atoms with Gasteiger partial charge in [0.1, 0.15) is 28.8 Å². The zero-order chi connectivity index (χ0) is 20.8. The molecule has 0 saturated carbocycles. The van der Waals surface area contributed by atoms with Crippen LogP contribution >= 0.6 is 7.26 Å². The molecule has 0 aliphatic carbocycles. The molecule has 0 heterocycles. The lowest BCUT2D eigenvalue weighted by Gasteiger charge is -2.34. The normalized spacial score (nSPS) is 12.3. The van der Waals surface area contributed by atoms with Crippen LogP contribution in [0.25, 0.3) is 0 Å². The Labute approximate surface area is 178 Å². The van der Waals surface area contributed by atoms with Crippen LogP contribution in [-0.4, -0.2) is 11.1 Å². The first-order chi connectivity index (χ1) is 14.7. The summed E-state index contributed by atoms with van der Waals surface area (Å²) in [6.07, 6.45) is 0.0659. The maximum Gasteiger partial charge on any atom is 0.307 e. The van der Waals surface area contributed by atoms with Crippen LogP contribution in [0.2, 0.25) is 0 Å². The number of carbonyl (C=O) groups is 1. The zero-order valence-corrected chi connectivity index (χ0v) is 17.5. The highest BCUT2D eigenvalue weighted by atomic mass is 31.2. The highest BCUT2D eigenvalue weighted by Gasteiger charge is 2.53. The van der Waals surface area contributed by atoms with Crippen molar-refractivity contribution in [1.82, 2.24) is 0 Å². The van der Waals surface area contributed by atoms with Crippen LogP contribution in [0.4, 0.5) is 0 Å². The Morgan fingerprint density at radius 3 is 1.27 bits per heavy atom. The molecule has 4 rings (SSSR count). The summed E-state index contributed by atoms with van der Waals surface area (Å²) in [5.41, 5.74) is 0.883. The molecular weight excluding hydrogens is 387 g/mol. The first-order valence-electron chi connectivity index (χ1n) is 10.0. The molecule has 0 unspecified atom stereocenters. The van der Waals surface area contributed by atoms with E-state index >= 15 is 0 Å². The van der Waals surface area contributed by atoms with Crippen LogP contribution in [0.5, 0.6) is 0 Å². The average Bonchev–Trinajstić information content (AvgIpc) is 2.81. The van der Waals surface area contributed by atoms with Crippen molar-refractivity contribution in [1.29, 1.82) is 0 Å². The van der Waals surface area contributed by atoms with Crippen molar-refractivity contribution in [3.63, 3.8) is 0 Å². The molecule has 4 aromatic carbocycles. The van der Waals surface area contributed by atoms with E-state index in [-0.39, 0.29) is 12.1 Å². The Hall–Kier alpha value is -3.22. The highest BCUT2D eigenvalue weighted by molar-refractivity contribution is 7.96. The molecule has 0 amide bonds. The summed E-state index contributed by atoms with van der Waals surface area (Å²) in [7, 11) is -2.32. The second-order valence-electron chi connectivity index (χ2n) is 7.25. The second kappa shape index (κ2) is 9.07. The molecule has 3 heteroatoms. The fourth-order valence-corrected chi connectivity index (χ4v) is 9.25. The van der Waals surface area contributed by atoms with Gasteiger partial charge in [-0.2, -0.15) is 0 Å². The zero-order valence-electron chi connectivity index (χ0n) is 16.6. The largest absolute Gasteiger partial charge is 0.481 e. The van der Waals surface area contributed by atoms with Crippen molar-refractivity contribution in [3.05, 3.63) is 127 Å². The lowest BCUT2D eigenvalue weighted by Crippen LogP contribution is -2.36. The SMILES string of the molecule is O=C(O)C[C@H](c1ccccc1)[P+](c1ccccc1)(c1ccccc1)c1ccccc1. The van der Waals surface area contributed by atoms with Crippen molar-refractivity contribution in [3.8, 4) is 0 Å². The number of aliphatic carboxylic acids is 1. The Morgan fingerprint density at radius 1 is 0.600 bits per heavy atom. The van der Waals surface area contributed by atoms with Gasteiger partial charge in [-0.05, 0) is 42.0 Å². The van der Waals surface area contributed by atoms with Crippen molar-refractivity contribution < 1.29 is 9.90 Å². The molecule has 1 N–H and O–H groups in total. The number of carboxylic acids is 1. The molecule has 2 nitrogen and oxygen atoms in total.